The summed E-state index contributed by atoms with van der Waals surface area (Å²) in [6, 6.07) is 0. The fraction of sp³-hybridized carbons (Fsp3) is 1.00. The van der Waals surface area contributed by atoms with Crippen LogP contribution < -0.4 is 5.32 Å². The average Bonchev–Trinajstić information content (AvgIpc) is 2.10. The third-order valence-corrected chi connectivity index (χ3v) is 3.64. The summed E-state index contributed by atoms with van der Waals surface area (Å²) in [7, 11) is 0. The second-order valence-corrected chi connectivity index (χ2v) is 5.47. The summed E-state index contributed by atoms with van der Waals surface area (Å²) in [4.78, 5) is 0. The molecular formula is C9H21NS2. The molecule has 3 heteroatoms. The van der Waals surface area contributed by atoms with E-state index in [1.807, 2.05) is 23.5 Å². The Hall–Kier alpha value is 0.660. The van der Waals surface area contributed by atoms with Crippen LogP contribution in [-0.4, -0.2) is 36.1 Å². The van der Waals surface area contributed by atoms with Gasteiger partial charge < -0.3 is 5.32 Å². The Morgan fingerprint density at radius 2 is 2.17 bits per heavy atom. The number of rotatable bonds is 8. The van der Waals surface area contributed by atoms with Gasteiger partial charge in [-0.15, -0.1) is 0 Å². The van der Waals surface area contributed by atoms with Gasteiger partial charge in [-0.2, -0.15) is 23.5 Å². The summed E-state index contributed by atoms with van der Waals surface area (Å²) >= 11 is 3.95. The molecule has 0 aliphatic carbocycles. The van der Waals surface area contributed by atoms with Crippen LogP contribution in [0, 0.1) is 0 Å². The van der Waals surface area contributed by atoms with Crippen LogP contribution in [0.1, 0.15) is 20.3 Å². The number of hydrogen-bond donors (Lipinski definition) is 1. The first kappa shape index (κ1) is 12.7. The Labute approximate surface area is 85.5 Å². The minimum atomic E-state index is 0.754. The zero-order valence-corrected chi connectivity index (χ0v) is 10.1. The second kappa shape index (κ2) is 9.75. The molecule has 0 aromatic heterocycles. The van der Waals surface area contributed by atoms with E-state index in [-0.39, 0.29) is 0 Å². The molecular weight excluding hydrogens is 186 g/mol. The van der Waals surface area contributed by atoms with Gasteiger partial charge in [-0.3, -0.25) is 0 Å². The summed E-state index contributed by atoms with van der Waals surface area (Å²) < 4.78 is 0. The minimum absolute atomic E-state index is 0.754. The van der Waals surface area contributed by atoms with E-state index in [1.165, 1.54) is 24.5 Å². The average molecular weight is 207 g/mol. The van der Waals surface area contributed by atoms with Gasteiger partial charge in [0, 0.05) is 11.8 Å². The van der Waals surface area contributed by atoms with Crippen molar-refractivity contribution in [1.82, 2.24) is 5.32 Å². The Kier molecular flexibility index (Phi) is 10.3. The summed E-state index contributed by atoms with van der Waals surface area (Å²) in [5, 5.41) is 4.21. The van der Waals surface area contributed by atoms with Gasteiger partial charge in [-0.05, 0) is 30.7 Å². The fourth-order valence-corrected chi connectivity index (χ4v) is 1.75. The van der Waals surface area contributed by atoms with Crippen molar-refractivity contribution in [3.8, 4) is 0 Å². The van der Waals surface area contributed by atoms with Gasteiger partial charge in [-0.25, -0.2) is 0 Å². The molecule has 0 aromatic rings. The lowest BCUT2D eigenvalue weighted by molar-refractivity contribution is 0.672. The highest BCUT2D eigenvalue weighted by molar-refractivity contribution is 7.99. The fourth-order valence-electron chi connectivity index (χ4n) is 0.832. The van der Waals surface area contributed by atoms with Gasteiger partial charge in [0.2, 0.25) is 0 Å². The maximum Gasteiger partial charge on any atom is 0.0141 e. The normalized spacial score (nSPS) is 13.2. The van der Waals surface area contributed by atoms with Gasteiger partial charge in [-0.1, -0.05) is 13.8 Å². The van der Waals surface area contributed by atoms with E-state index < -0.39 is 0 Å². The maximum atomic E-state index is 3.46. The van der Waals surface area contributed by atoms with E-state index in [2.05, 4.69) is 25.4 Å². The summed E-state index contributed by atoms with van der Waals surface area (Å²) in [6.07, 6.45) is 3.47. The highest BCUT2D eigenvalue weighted by atomic mass is 32.2. The third-order valence-electron chi connectivity index (χ3n) is 1.68. The molecule has 0 saturated heterocycles. The van der Waals surface area contributed by atoms with E-state index in [9.17, 15) is 0 Å². The van der Waals surface area contributed by atoms with Crippen LogP contribution in [0.3, 0.4) is 0 Å². The van der Waals surface area contributed by atoms with Crippen LogP contribution in [0.2, 0.25) is 0 Å². The van der Waals surface area contributed by atoms with Crippen LogP contribution in [0.15, 0.2) is 0 Å². The molecule has 0 radical (unpaired) electrons. The van der Waals surface area contributed by atoms with Gasteiger partial charge in [0.15, 0.2) is 0 Å². The molecule has 12 heavy (non-hydrogen) atoms. The van der Waals surface area contributed by atoms with Crippen molar-refractivity contribution in [2.45, 2.75) is 25.5 Å². The highest BCUT2D eigenvalue weighted by Gasteiger charge is 1.96. The summed E-state index contributed by atoms with van der Waals surface area (Å²) in [5.41, 5.74) is 0. The molecule has 0 fully saturated rings. The molecule has 0 aliphatic heterocycles. The monoisotopic (exact) mass is 207 g/mol. The first-order valence-corrected chi connectivity index (χ1v) is 7.06. The molecule has 74 valence electrons. The number of thioether (sulfide) groups is 2. The lowest BCUT2D eigenvalue weighted by atomic mass is 10.4. The minimum Gasteiger partial charge on any atom is -0.316 e. The topological polar surface area (TPSA) is 12.0 Å². The van der Waals surface area contributed by atoms with Gasteiger partial charge >= 0.3 is 0 Å². The predicted octanol–water partition coefficient (Wildman–Crippen LogP) is 2.47. The molecule has 0 spiro atoms. The van der Waals surface area contributed by atoms with Gasteiger partial charge in [0.1, 0.15) is 0 Å². The predicted molar refractivity (Wildman–Crippen MR) is 63.5 cm³/mol. The molecule has 1 N–H and O–H groups in total. The zero-order chi connectivity index (χ0) is 9.23. The van der Waals surface area contributed by atoms with E-state index in [0.717, 1.165) is 11.8 Å². The second-order valence-electron chi connectivity index (χ2n) is 2.80. The molecule has 0 rings (SSSR count). The van der Waals surface area contributed by atoms with Crippen molar-refractivity contribution in [1.29, 1.82) is 0 Å². The number of hydrogen-bond acceptors (Lipinski definition) is 3. The van der Waals surface area contributed by atoms with Crippen LogP contribution >= 0.6 is 23.5 Å². The summed E-state index contributed by atoms with van der Waals surface area (Å²) in [6.45, 7) is 6.81. The van der Waals surface area contributed by atoms with Crippen molar-refractivity contribution in [3.05, 3.63) is 0 Å². The zero-order valence-electron chi connectivity index (χ0n) is 8.43. The first-order chi connectivity index (χ1) is 5.81. The molecule has 1 atom stereocenters. The molecule has 0 aromatic carbocycles. The van der Waals surface area contributed by atoms with Crippen LogP contribution in [0.25, 0.3) is 0 Å². The molecule has 0 saturated carbocycles. The molecule has 0 heterocycles. The lowest BCUT2D eigenvalue weighted by Gasteiger charge is -2.08. The Balaban J connectivity index is 2.90. The largest absolute Gasteiger partial charge is 0.316 e. The number of nitrogens with one attached hydrogen (secondary N) is 1. The maximum absolute atomic E-state index is 3.46. The molecule has 1 unspecified atom stereocenters. The van der Waals surface area contributed by atoms with E-state index in [1.54, 1.807) is 0 Å². The van der Waals surface area contributed by atoms with E-state index in [4.69, 9.17) is 0 Å². The lowest BCUT2D eigenvalue weighted by Crippen LogP contribution is -2.23. The molecule has 0 amide bonds. The quantitative estimate of drug-likeness (QED) is 0.614. The highest BCUT2D eigenvalue weighted by Crippen LogP contribution is 2.03. The van der Waals surface area contributed by atoms with Gasteiger partial charge in [0.05, 0.1) is 0 Å². The van der Waals surface area contributed by atoms with Gasteiger partial charge in [0.25, 0.3) is 0 Å². The Morgan fingerprint density at radius 1 is 1.42 bits per heavy atom. The van der Waals surface area contributed by atoms with Crippen LogP contribution in [-0.2, 0) is 0 Å². The first-order valence-electron chi connectivity index (χ1n) is 4.62. The van der Waals surface area contributed by atoms with Crippen molar-refractivity contribution in [2.24, 2.45) is 0 Å². The Bertz CT molecular complexity index is 88.6. The van der Waals surface area contributed by atoms with Crippen molar-refractivity contribution < 1.29 is 0 Å². The van der Waals surface area contributed by atoms with E-state index >= 15 is 0 Å². The van der Waals surface area contributed by atoms with Crippen molar-refractivity contribution >= 4 is 23.5 Å². The van der Waals surface area contributed by atoms with Crippen molar-refractivity contribution in [3.63, 3.8) is 0 Å². The Morgan fingerprint density at radius 3 is 2.75 bits per heavy atom. The molecule has 0 aliphatic rings. The van der Waals surface area contributed by atoms with Crippen molar-refractivity contribution in [2.75, 3.05) is 30.9 Å². The smallest absolute Gasteiger partial charge is 0.0141 e. The van der Waals surface area contributed by atoms with E-state index in [0.29, 0.717) is 0 Å². The SMILES string of the molecule is CCSCCCNCC(C)SC. The molecule has 1 nitrogen and oxygen atoms in total. The summed E-state index contributed by atoms with van der Waals surface area (Å²) in [5.74, 6) is 2.55. The standard InChI is InChI=1S/C9H21NS2/c1-4-12-7-5-6-10-8-9(2)11-3/h9-10H,4-8H2,1-3H3. The van der Waals surface area contributed by atoms with Crippen LogP contribution in [0.5, 0.6) is 0 Å². The molecule has 0 bridgehead atoms. The third kappa shape index (κ3) is 8.75. The van der Waals surface area contributed by atoms with Crippen LogP contribution in [0.4, 0.5) is 0 Å².